The number of carbonyl (C=O) groups excluding carboxylic acids is 2. The molecule has 0 fully saturated rings. The molecule has 1 heterocycles. The largest absolute Gasteiger partial charge is 0.481 e. The van der Waals surface area contributed by atoms with Gasteiger partial charge in [0, 0.05) is 5.69 Å². The van der Waals surface area contributed by atoms with Crippen molar-refractivity contribution in [3.63, 3.8) is 0 Å². The van der Waals surface area contributed by atoms with Gasteiger partial charge in [0.2, 0.25) is 5.91 Å². The number of carboxylic acids is 1. The van der Waals surface area contributed by atoms with Gasteiger partial charge >= 0.3 is 5.97 Å². The topological polar surface area (TPSA) is 95.5 Å². The molecule has 7 heteroatoms. The van der Waals surface area contributed by atoms with E-state index < -0.39 is 17.8 Å². The standard InChI is InChI=1S/C19H18N2O4S/c22-16(13-8-4-5-9-14(13)19(24)25)21-18-15(10-11-26-18)17(23)20-12-6-2-1-3-7-12/h1-7,10-11,13-14H,8-9H2,(H,20,23)(H,21,22)(H,24,25)/t13-,14+/m0/s1. The minimum absolute atomic E-state index is 0.328. The molecule has 2 amide bonds. The van der Waals surface area contributed by atoms with Crippen LogP contribution in [-0.2, 0) is 9.59 Å². The molecule has 1 aromatic heterocycles. The number of allylic oxidation sites excluding steroid dienone is 2. The van der Waals surface area contributed by atoms with Crippen LogP contribution in [0.5, 0.6) is 0 Å². The van der Waals surface area contributed by atoms with Gasteiger partial charge in [0.1, 0.15) is 5.00 Å². The highest BCUT2D eigenvalue weighted by atomic mass is 32.1. The number of carboxylic acid groups (broad SMARTS) is 1. The van der Waals surface area contributed by atoms with Gasteiger partial charge in [0.05, 0.1) is 17.4 Å². The van der Waals surface area contributed by atoms with Crippen LogP contribution in [0.1, 0.15) is 23.2 Å². The summed E-state index contributed by atoms with van der Waals surface area (Å²) in [5, 5.41) is 17.0. The summed E-state index contributed by atoms with van der Waals surface area (Å²) in [5.41, 5.74) is 1.01. The summed E-state index contributed by atoms with van der Waals surface area (Å²) in [6.07, 6.45) is 4.31. The molecular formula is C19H18N2O4S. The van der Waals surface area contributed by atoms with E-state index in [0.29, 0.717) is 29.1 Å². The zero-order valence-electron chi connectivity index (χ0n) is 13.8. The molecule has 3 N–H and O–H groups in total. The molecule has 0 saturated carbocycles. The van der Waals surface area contributed by atoms with E-state index in [-0.39, 0.29) is 11.8 Å². The molecule has 3 rings (SSSR count). The Morgan fingerprint density at radius 2 is 1.65 bits per heavy atom. The number of carbonyl (C=O) groups is 3. The number of anilines is 2. The van der Waals surface area contributed by atoms with E-state index in [4.69, 9.17) is 0 Å². The first-order valence-corrected chi connectivity index (χ1v) is 9.07. The number of benzene rings is 1. The monoisotopic (exact) mass is 370 g/mol. The van der Waals surface area contributed by atoms with Gasteiger partial charge in [-0.25, -0.2) is 0 Å². The molecule has 6 nitrogen and oxygen atoms in total. The van der Waals surface area contributed by atoms with Crippen molar-refractivity contribution >= 4 is 39.8 Å². The fraction of sp³-hybridized carbons (Fsp3) is 0.211. The number of hydrogen-bond donors (Lipinski definition) is 3. The van der Waals surface area contributed by atoms with Gasteiger partial charge in [0.15, 0.2) is 0 Å². The van der Waals surface area contributed by atoms with E-state index in [1.54, 1.807) is 29.7 Å². The third-order valence-corrected chi connectivity index (χ3v) is 5.09. The Hall–Kier alpha value is -2.93. The highest BCUT2D eigenvalue weighted by molar-refractivity contribution is 7.14. The smallest absolute Gasteiger partial charge is 0.307 e. The molecule has 0 bridgehead atoms. The molecule has 0 saturated heterocycles. The Kier molecular flexibility index (Phi) is 5.48. The van der Waals surface area contributed by atoms with Gasteiger partial charge in [-0.3, -0.25) is 14.4 Å². The summed E-state index contributed by atoms with van der Waals surface area (Å²) in [7, 11) is 0. The molecule has 1 aromatic carbocycles. The van der Waals surface area contributed by atoms with Gasteiger partial charge < -0.3 is 15.7 Å². The van der Waals surface area contributed by atoms with Crippen LogP contribution in [0.15, 0.2) is 53.9 Å². The van der Waals surface area contributed by atoms with Gasteiger partial charge in [-0.1, -0.05) is 30.4 Å². The lowest BCUT2D eigenvalue weighted by Gasteiger charge is -2.24. The fourth-order valence-corrected chi connectivity index (χ4v) is 3.67. The van der Waals surface area contributed by atoms with E-state index in [1.165, 1.54) is 11.3 Å². The lowest BCUT2D eigenvalue weighted by atomic mass is 9.82. The van der Waals surface area contributed by atoms with Crippen LogP contribution >= 0.6 is 11.3 Å². The Balaban J connectivity index is 1.72. The third-order valence-electron chi connectivity index (χ3n) is 4.26. The molecule has 1 aliphatic rings. The number of amides is 2. The van der Waals surface area contributed by atoms with Crippen LogP contribution in [-0.4, -0.2) is 22.9 Å². The highest BCUT2D eigenvalue weighted by Gasteiger charge is 2.34. The third kappa shape index (κ3) is 4.00. The summed E-state index contributed by atoms with van der Waals surface area (Å²) < 4.78 is 0. The molecule has 2 atom stereocenters. The predicted molar refractivity (Wildman–Crippen MR) is 100 cm³/mol. The van der Waals surface area contributed by atoms with Crippen LogP contribution in [0.25, 0.3) is 0 Å². The van der Waals surface area contributed by atoms with Crippen molar-refractivity contribution in [3.05, 3.63) is 59.5 Å². The van der Waals surface area contributed by atoms with E-state index in [0.717, 1.165) is 0 Å². The Labute approximate surface area is 154 Å². The summed E-state index contributed by atoms with van der Waals surface area (Å²) in [5.74, 6) is -3.09. The van der Waals surface area contributed by atoms with Crippen molar-refractivity contribution in [1.29, 1.82) is 0 Å². The quantitative estimate of drug-likeness (QED) is 0.701. The molecule has 134 valence electrons. The normalized spacial score (nSPS) is 18.9. The van der Waals surface area contributed by atoms with E-state index >= 15 is 0 Å². The Bertz CT molecular complexity index is 844. The zero-order valence-corrected chi connectivity index (χ0v) is 14.7. The Morgan fingerprint density at radius 1 is 0.962 bits per heavy atom. The number of nitrogens with one attached hydrogen (secondary N) is 2. The number of thiophene rings is 1. The average Bonchev–Trinajstić information content (AvgIpc) is 3.10. The number of aliphatic carboxylic acids is 1. The molecule has 0 spiro atoms. The molecule has 2 aromatic rings. The first-order chi connectivity index (χ1) is 12.6. The van der Waals surface area contributed by atoms with E-state index in [9.17, 15) is 19.5 Å². The molecule has 26 heavy (non-hydrogen) atoms. The lowest BCUT2D eigenvalue weighted by Crippen LogP contribution is -2.34. The summed E-state index contributed by atoms with van der Waals surface area (Å²) >= 11 is 1.23. The second kappa shape index (κ2) is 7.97. The second-order valence-corrected chi connectivity index (χ2v) is 6.88. The van der Waals surface area contributed by atoms with Gasteiger partial charge in [-0.15, -0.1) is 11.3 Å². The maximum Gasteiger partial charge on any atom is 0.307 e. The van der Waals surface area contributed by atoms with Crippen LogP contribution < -0.4 is 10.6 Å². The average molecular weight is 370 g/mol. The highest BCUT2D eigenvalue weighted by Crippen LogP contribution is 2.30. The first-order valence-electron chi connectivity index (χ1n) is 8.19. The van der Waals surface area contributed by atoms with Gasteiger partial charge in [0.25, 0.3) is 5.91 Å². The molecular weight excluding hydrogens is 352 g/mol. The summed E-state index contributed by atoms with van der Waals surface area (Å²) in [6, 6.07) is 10.7. The van der Waals surface area contributed by atoms with E-state index in [2.05, 4.69) is 10.6 Å². The molecule has 0 aliphatic heterocycles. The maximum atomic E-state index is 12.6. The van der Waals surface area contributed by atoms with Crippen LogP contribution in [0.4, 0.5) is 10.7 Å². The lowest BCUT2D eigenvalue weighted by molar-refractivity contribution is -0.146. The van der Waals surface area contributed by atoms with E-state index in [1.807, 2.05) is 24.3 Å². The number of para-hydroxylation sites is 1. The van der Waals surface area contributed by atoms with Crippen molar-refractivity contribution in [3.8, 4) is 0 Å². The summed E-state index contributed by atoms with van der Waals surface area (Å²) in [4.78, 5) is 36.4. The van der Waals surface area contributed by atoms with Crippen LogP contribution in [0.2, 0.25) is 0 Å². The number of rotatable bonds is 5. The minimum atomic E-state index is -0.984. The second-order valence-electron chi connectivity index (χ2n) is 5.97. The SMILES string of the molecule is O=C(Nc1ccccc1)c1ccsc1NC(=O)[C@H]1CC=CC[C@H]1C(=O)O. The zero-order chi connectivity index (χ0) is 18.5. The first kappa shape index (κ1) is 17.9. The Morgan fingerprint density at radius 3 is 2.35 bits per heavy atom. The molecule has 0 radical (unpaired) electrons. The molecule has 1 aliphatic carbocycles. The predicted octanol–water partition coefficient (Wildman–Crippen LogP) is 3.61. The van der Waals surface area contributed by atoms with Crippen molar-refractivity contribution in [1.82, 2.24) is 0 Å². The fourth-order valence-electron chi connectivity index (χ4n) is 2.89. The summed E-state index contributed by atoms with van der Waals surface area (Å²) in [6.45, 7) is 0. The van der Waals surface area contributed by atoms with Gasteiger partial charge in [-0.05, 0) is 36.4 Å². The molecule has 0 unspecified atom stereocenters. The van der Waals surface area contributed by atoms with Crippen molar-refractivity contribution in [2.45, 2.75) is 12.8 Å². The van der Waals surface area contributed by atoms with Crippen molar-refractivity contribution in [2.24, 2.45) is 11.8 Å². The number of hydrogen-bond acceptors (Lipinski definition) is 4. The minimum Gasteiger partial charge on any atom is -0.481 e. The van der Waals surface area contributed by atoms with Crippen LogP contribution in [0, 0.1) is 11.8 Å². The maximum absolute atomic E-state index is 12.6. The van der Waals surface area contributed by atoms with Gasteiger partial charge in [-0.2, -0.15) is 0 Å². The van der Waals surface area contributed by atoms with Crippen molar-refractivity contribution < 1.29 is 19.5 Å². The van der Waals surface area contributed by atoms with Crippen LogP contribution in [0.3, 0.4) is 0 Å². The van der Waals surface area contributed by atoms with Crippen molar-refractivity contribution in [2.75, 3.05) is 10.6 Å².